The fraction of sp³-hybridized carbons (Fsp3) is 0.211. The molecule has 1 atom stereocenters. The first-order valence-electron chi connectivity index (χ1n) is 8.14. The molecule has 0 saturated carbocycles. The van der Waals surface area contributed by atoms with Crippen LogP contribution in [0.3, 0.4) is 0 Å². The SMILES string of the molecule is COC1([N+](=O)[O-])N=C(C)C=CN1N(c1ccccc1)c1ccccc1C. The van der Waals surface area contributed by atoms with E-state index in [1.807, 2.05) is 61.5 Å². The number of para-hydroxylation sites is 2. The molecule has 0 bridgehead atoms. The number of ether oxygens (including phenoxy) is 1. The monoisotopic (exact) mass is 352 g/mol. The molecule has 3 rings (SSSR count). The Labute approximate surface area is 151 Å². The zero-order valence-corrected chi connectivity index (χ0v) is 14.9. The van der Waals surface area contributed by atoms with Crippen molar-refractivity contribution in [2.45, 2.75) is 19.8 Å². The predicted octanol–water partition coefficient (Wildman–Crippen LogP) is 3.87. The van der Waals surface area contributed by atoms with Gasteiger partial charge in [-0.2, -0.15) is 10.0 Å². The van der Waals surface area contributed by atoms with Crippen LogP contribution in [0.15, 0.2) is 71.9 Å². The first-order chi connectivity index (χ1) is 12.5. The van der Waals surface area contributed by atoms with Crippen LogP contribution in [0.4, 0.5) is 11.4 Å². The molecule has 2 aromatic carbocycles. The standard InChI is InChI=1S/C19H20N4O3/c1-15-9-7-8-12-18(15)22(17-10-5-4-6-11-17)21-14-13-16(2)20-19(21,26-3)23(24)25/h4-14H,1-3H3. The summed E-state index contributed by atoms with van der Waals surface area (Å²) in [4.78, 5) is 15.7. The molecular weight excluding hydrogens is 332 g/mol. The van der Waals surface area contributed by atoms with Crippen molar-refractivity contribution in [1.82, 2.24) is 5.01 Å². The minimum atomic E-state index is -2.09. The number of aliphatic imine (C=N–C) groups is 1. The molecule has 1 heterocycles. The summed E-state index contributed by atoms with van der Waals surface area (Å²) in [6.45, 7) is 3.65. The van der Waals surface area contributed by atoms with Crippen molar-refractivity contribution in [2.75, 3.05) is 12.1 Å². The molecule has 26 heavy (non-hydrogen) atoms. The van der Waals surface area contributed by atoms with Crippen molar-refractivity contribution in [1.29, 1.82) is 0 Å². The fourth-order valence-corrected chi connectivity index (χ4v) is 2.88. The van der Waals surface area contributed by atoms with E-state index >= 15 is 0 Å². The number of methoxy groups -OCH3 is 1. The molecule has 0 N–H and O–H groups in total. The van der Waals surface area contributed by atoms with E-state index in [1.165, 1.54) is 12.1 Å². The fourth-order valence-electron chi connectivity index (χ4n) is 2.88. The van der Waals surface area contributed by atoms with Crippen LogP contribution in [-0.4, -0.2) is 28.7 Å². The van der Waals surface area contributed by atoms with E-state index in [-0.39, 0.29) is 0 Å². The van der Waals surface area contributed by atoms with Gasteiger partial charge in [0.1, 0.15) is 4.92 Å². The smallest absolute Gasteiger partial charge is 0.278 e. The number of benzene rings is 2. The number of nitro groups is 1. The van der Waals surface area contributed by atoms with Crippen LogP contribution in [-0.2, 0) is 4.74 Å². The second-order valence-corrected chi connectivity index (χ2v) is 5.88. The number of aryl methyl sites for hydroxylation is 1. The van der Waals surface area contributed by atoms with Gasteiger partial charge in [-0.25, -0.2) is 5.01 Å². The van der Waals surface area contributed by atoms with Crippen molar-refractivity contribution in [3.63, 3.8) is 0 Å². The molecule has 1 unspecified atom stereocenters. The van der Waals surface area contributed by atoms with Gasteiger partial charge in [0.05, 0.1) is 11.4 Å². The largest absolute Gasteiger partial charge is 0.535 e. The Balaban J connectivity index is 2.23. The molecule has 1 aliphatic heterocycles. The molecule has 0 saturated heterocycles. The minimum absolute atomic E-state index is 0.512. The summed E-state index contributed by atoms with van der Waals surface area (Å²) >= 11 is 0. The second-order valence-electron chi connectivity index (χ2n) is 5.88. The highest BCUT2D eigenvalue weighted by molar-refractivity contribution is 5.93. The zero-order chi connectivity index (χ0) is 18.7. The summed E-state index contributed by atoms with van der Waals surface area (Å²) in [7, 11) is 1.28. The number of anilines is 2. The van der Waals surface area contributed by atoms with E-state index in [9.17, 15) is 10.1 Å². The highest BCUT2D eigenvalue weighted by Crippen LogP contribution is 2.36. The molecule has 1 aliphatic rings. The Morgan fingerprint density at radius 2 is 1.77 bits per heavy atom. The summed E-state index contributed by atoms with van der Waals surface area (Å²) < 4.78 is 5.33. The predicted molar refractivity (Wildman–Crippen MR) is 101 cm³/mol. The van der Waals surface area contributed by atoms with E-state index in [2.05, 4.69) is 4.99 Å². The van der Waals surface area contributed by atoms with Crippen LogP contribution in [0.1, 0.15) is 12.5 Å². The zero-order valence-electron chi connectivity index (χ0n) is 14.9. The van der Waals surface area contributed by atoms with Crippen LogP contribution in [0, 0.1) is 17.0 Å². The maximum Gasteiger partial charge on any atom is 0.535 e. The van der Waals surface area contributed by atoms with Crippen LogP contribution in [0.5, 0.6) is 0 Å². The van der Waals surface area contributed by atoms with Gasteiger partial charge >= 0.3 is 5.97 Å². The van der Waals surface area contributed by atoms with Gasteiger partial charge in [-0.3, -0.25) is 14.9 Å². The lowest BCUT2D eigenvalue weighted by Gasteiger charge is -2.41. The van der Waals surface area contributed by atoms with Crippen molar-refractivity contribution in [2.24, 2.45) is 4.99 Å². The van der Waals surface area contributed by atoms with Crippen LogP contribution in [0.25, 0.3) is 0 Å². The molecule has 0 radical (unpaired) electrons. The summed E-state index contributed by atoms with van der Waals surface area (Å²) in [6.07, 6.45) is 3.34. The molecule has 0 amide bonds. The second kappa shape index (κ2) is 6.97. The topological polar surface area (TPSA) is 71.2 Å². The lowest BCUT2D eigenvalue weighted by molar-refractivity contribution is -0.655. The molecule has 134 valence electrons. The van der Waals surface area contributed by atoms with Crippen molar-refractivity contribution in [3.8, 4) is 0 Å². The lowest BCUT2D eigenvalue weighted by Crippen LogP contribution is -2.59. The Hall–Kier alpha value is -3.19. The van der Waals surface area contributed by atoms with Gasteiger partial charge < -0.3 is 0 Å². The van der Waals surface area contributed by atoms with Gasteiger partial charge in [-0.15, -0.1) is 0 Å². The van der Waals surface area contributed by atoms with Crippen molar-refractivity contribution in [3.05, 3.63) is 82.6 Å². The molecule has 0 aromatic heterocycles. The summed E-state index contributed by atoms with van der Waals surface area (Å²) in [6, 6.07) is 17.1. The van der Waals surface area contributed by atoms with E-state index < -0.39 is 10.9 Å². The van der Waals surface area contributed by atoms with E-state index in [4.69, 9.17) is 4.74 Å². The normalized spacial score (nSPS) is 19.2. The number of hydrogen-bond donors (Lipinski definition) is 0. The lowest BCUT2D eigenvalue weighted by atomic mass is 10.2. The summed E-state index contributed by atoms with van der Waals surface area (Å²) in [5.74, 6) is -2.09. The van der Waals surface area contributed by atoms with E-state index in [1.54, 1.807) is 24.2 Å². The maximum absolute atomic E-state index is 12.0. The number of allylic oxidation sites excluding steroid dienone is 1. The van der Waals surface area contributed by atoms with Crippen LogP contribution < -0.4 is 5.01 Å². The van der Waals surface area contributed by atoms with Crippen molar-refractivity contribution < 1.29 is 9.66 Å². The van der Waals surface area contributed by atoms with Gasteiger partial charge in [-0.1, -0.05) is 36.4 Å². The van der Waals surface area contributed by atoms with Gasteiger partial charge in [0.25, 0.3) is 0 Å². The van der Waals surface area contributed by atoms with E-state index in [0.717, 1.165) is 16.9 Å². The van der Waals surface area contributed by atoms with Gasteiger partial charge in [0.15, 0.2) is 0 Å². The first-order valence-corrected chi connectivity index (χ1v) is 8.14. The molecule has 0 fully saturated rings. The Kier molecular flexibility index (Phi) is 4.73. The van der Waals surface area contributed by atoms with Gasteiger partial charge in [0.2, 0.25) is 0 Å². The average molecular weight is 352 g/mol. The number of hydrazine groups is 1. The highest BCUT2D eigenvalue weighted by atomic mass is 16.7. The number of nitrogens with zero attached hydrogens (tertiary/aromatic N) is 4. The Bertz CT molecular complexity index is 866. The average Bonchev–Trinajstić information content (AvgIpc) is 2.65. The number of rotatable bonds is 5. The van der Waals surface area contributed by atoms with Crippen molar-refractivity contribution >= 4 is 17.1 Å². The first kappa shape index (κ1) is 17.6. The Morgan fingerprint density at radius 1 is 1.12 bits per heavy atom. The molecule has 0 aliphatic carbocycles. The molecule has 0 spiro atoms. The molecule has 7 heteroatoms. The highest BCUT2D eigenvalue weighted by Gasteiger charge is 2.54. The number of hydrogen-bond acceptors (Lipinski definition) is 6. The van der Waals surface area contributed by atoms with Crippen LogP contribution in [0.2, 0.25) is 0 Å². The quantitative estimate of drug-likeness (QED) is 0.464. The molecular formula is C19H20N4O3. The van der Waals surface area contributed by atoms with Gasteiger partial charge in [0, 0.05) is 19.0 Å². The third-order valence-corrected chi connectivity index (χ3v) is 4.15. The summed E-state index contributed by atoms with van der Waals surface area (Å²) in [5.41, 5.74) is 3.02. The van der Waals surface area contributed by atoms with E-state index in [0.29, 0.717) is 5.71 Å². The third kappa shape index (κ3) is 2.93. The minimum Gasteiger partial charge on any atom is -0.278 e. The molecule has 2 aromatic rings. The molecule has 7 nitrogen and oxygen atoms in total. The Morgan fingerprint density at radius 3 is 2.38 bits per heavy atom. The summed E-state index contributed by atoms with van der Waals surface area (Å²) in [5, 5.41) is 15.1. The van der Waals surface area contributed by atoms with Gasteiger partial charge in [-0.05, 0) is 43.7 Å². The third-order valence-electron chi connectivity index (χ3n) is 4.15. The van der Waals surface area contributed by atoms with Crippen LogP contribution >= 0.6 is 0 Å². The maximum atomic E-state index is 12.0.